The van der Waals surface area contributed by atoms with E-state index in [4.69, 9.17) is 0 Å². The first-order valence-electron chi connectivity index (χ1n) is 13.8. The molecule has 0 nitrogen and oxygen atoms in total. The molecule has 0 aliphatic rings. The van der Waals surface area contributed by atoms with E-state index in [-0.39, 0.29) is 0 Å². The molecule has 0 bridgehead atoms. The molecule has 0 saturated carbocycles. The summed E-state index contributed by atoms with van der Waals surface area (Å²) in [5, 5.41) is 2.83. The molecule has 0 heterocycles. The van der Waals surface area contributed by atoms with Gasteiger partial charge in [0.2, 0.25) is 0 Å². The third-order valence-corrected chi connectivity index (χ3v) is 7.09. The van der Waals surface area contributed by atoms with E-state index in [0.717, 1.165) is 0 Å². The van der Waals surface area contributed by atoms with Crippen LogP contribution in [0.15, 0.2) is 42.5 Å². The lowest BCUT2D eigenvalue weighted by Gasteiger charge is -2.14. The van der Waals surface area contributed by atoms with Crippen molar-refractivity contribution in [1.82, 2.24) is 0 Å². The van der Waals surface area contributed by atoms with E-state index in [1.807, 2.05) is 0 Å². The predicted octanol–water partition coefficient (Wildman–Crippen LogP) is 11.0. The third kappa shape index (κ3) is 11.2. The smallest absolute Gasteiger partial charge is 0.0149 e. The van der Waals surface area contributed by atoms with Crippen molar-refractivity contribution < 1.29 is 0 Å². The van der Waals surface area contributed by atoms with E-state index in [2.05, 4.69) is 56.3 Å². The highest BCUT2D eigenvalue weighted by Gasteiger charge is 2.08. The highest BCUT2D eigenvalue weighted by atomic mass is 14.1. The van der Waals surface area contributed by atoms with Crippen LogP contribution in [0.5, 0.6) is 0 Å². The molecule has 0 N–H and O–H groups in total. The molecular formula is C31H50. The van der Waals surface area contributed by atoms with Gasteiger partial charge in [-0.3, -0.25) is 0 Å². The van der Waals surface area contributed by atoms with Crippen molar-refractivity contribution in [2.24, 2.45) is 0 Å². The van der Waals surface area contributed by atoms with Crippen LogP contribution in [0.25, 0.3) is 10.8 Å². The van der Waals surface area contributed by atoms with Gasteiger partial charge < -0.3 is 0 Å². The van der Waals surface area contributed by atoms with Crippen LogP contribution >= 0.6 is 0 Å². The summed E-state index contributed by atoms with van der Waals surface area (Å²) in [7, 11) is 0. The standard InChI is InChI=1S/C31H50/c1-3-4-5-6-7-8-9-10-11-12-13-14-15-16-17-18-19-23-28(2)30-27-22-25-29-24-20-21-26-31(29)30/h20-22,24-28H,3-19,23H2,1-2H3. The molecule has 0 saturated heterocycles. The lowest BCUT2D eigenvalue weighted by Crippen LogP contribution is -1.95. The van der Waals surface area contributed by atoms with Crippen LogP contribution in [0.3, 0.4) is 0 Å². The molecule has 0 fully saturated rings. The maximum atomic E-state index is 2.41. The molecule has 0 radical (unpaired) electrons. The van der Waals surface area contributed by atoms with Gasteiger partial charge in [-0.2, -0.15) is 0 Å². The summed E-state index contributed by atoms with van der Waals surface area (Å²) in [5.74, 6) is 0.669. The number of unbranched alkanes of at least 4 members (excludes halogenated alkanes) is 16. The minimum atomic E-state index is 0.669. The van der Waals surface area contributed by atoms with Gasteiger partial charge in [0.15, 0.2) is 0 Å². The Labute approximate surface area is 194 Å². The average Bonchev–Trinajstić information content (AvgIpc) is 2.80. The summed E-state index contributed by atoms with van der Waals surface area (Å²) in [4.78, 5) is 0. The highest BCUT2D eigenvalue weighted by Crippen LogP contribution is 2.29. The molecule has 174 valence electrons. The molecule has 1 unspecified atom stereocenters. The molecule has 0 spiro atoms. The Hall–Kier alpha value is -1.30. The first-order valence-corrected chi connectivity index (χ1v) is 13.8. The van der Waals surface area contributed by atoms with Gasteiger partial charge in [0.05, 0.1) is 0 Å². The van der Waals surface area contributed by atoms with E-state index in [1.54, 1.807) is 0 Å². The van der Waals surface area contributed by atoms with Crippen molar-refractivity contribution in [3.63, 3.8) is 0 Å². The normalized spacial score (nSPS) is 12.5. The Kier molecular flexibility index (Phi) is 14.5. The Morgan fingerprint density at radius 3 is 1.52 bits per heavy atom. The number of hydrogen-bond donors (Lipinski definition) is 0. The minimum Gasteiger partial charge on any atom is -0.0654 e. The first-order chi connectivity index (χ1) is 15.3. The number of benzene rings is 2. The van der Waals surface area contributed by atoms with E-state index in [0.29, 0.717) is 5.92 Å². The number of fused-ring (bicyclic) bond motifs is 1. The molecule has 0 aromatic heterocycles. The molecule has 1 atom stereocenters. The summed E-state index contributed by atoms with van der Waals surface area (Å²) in [6, 6.07) is 15.6. The fourth-order valence-corrected chi connectivity index (χ4v) is 5.01. The largest absolute Gasteiger partial charge is 0.0654 e. The second kappa shape index (κ2) is 17.3. The molecule has 31 heavy (non-hydrogen) atoms. The summed E-state index contributed by atoms with van der Waals surface area (Å²) >= 11 is 0. The first kappa shape index (κ1) is 26.0. The summed E-state index contributed by atoms with van der Waals surface area (Å²) in [5.41, 5.74) is 1.54. The maximum absolute atomic E-state index is 2.41. The maximum Gasteiger partial charge on any atom is -0.0149 e. The quantitative estimate of drug-likeness (QED) is 0.197. The van der Waals surface area contributed by atoms with Gasteiger partial charge in [-0.15, -0.1) is 0 Å². The van der Waals surface area contributed by atoms with Crippen molar-refractivity contribution in [3.8, 4) is 0 Å². The molecule has 2 aromatic carbocycles. The SMILES string of the molecule is CCCCCCCCCCCCCCCCCCCC(C)c1cccc2ccccc12. The Balaban J connectivity index is 1.38. The zero-order valence-corrected chi connectivity index (χ0v) is 20.8. The van der Waals surface area contributed by atoms with Gasteiger partial charge in [0.1, 0.15) is 0 Å². The van der Waals surface area contributed by atoms with Gasteiger partial charge in [-0.25, -0.2) is 0 Å². The minimum absolute atomic E-state index is 0.669. The summed E-state index contributed by atoms with van der Waals surface area (Å²) in [6.07, 6.45) is 25.9. The van der Waals surface area contributed by atoms with E-state index in [9.17, 15) is 0 Å². The van der Waals surface area contributed by atoms with Crippen molar-refractivity contribution in [1.29, 1.82) is 0 Å². The Morgan fingerprint density at radius 1 is 0.516 bits per heavy atom. The van der Waals surface area contributed by atoms with Crippen LogP contribution < -0.4 is 0 Å². The molecule has 2 aromatic rings. The van der Waals surface area contributed by atoms with Crippen LogP contribution in [0.2, 0.25) is 0 Å². The molecule has 0 heteroatoms. The fourth-order valence-electron chi connectivity index (χ4n) is 5.01. The van der Waals surface area contributed by atoms with Gasteiger partial charge in [0, 0.05) is 0 Å². The van der Waals surface area contributed by atoms with Crippen LogP contribution in [0.4, 0.5) is 0 Å². The Morgan fingerprint density at radius 2 is 0.968 bits per heavy atom. The van der Waals surface area contributed by atoms with Gasteiger partial charge in [-0.05, 0) is 28.7 Å². The van der Waals surface area contributed by atoms with E-state index < -0.39 is 0 Å². The molecule has 0 amide bonds. The topological polar surface area (TPSA) is 0 Å². The number of rotatable bonds is 19. The number of hydrogen-bond acceptors (Lipinski definition) is 0. The second-order valence-corrected chi connectivity index (χ2v) is 9.91. The summed E-state index contributed by atoms with van der Waals surface area (Å²) < 4.78 is 0. The zero-order valence-electron chi connectivity index (χ0n) is 20.8. The third-order valence-electron chi connectivity index (χ3n) is 7.09. The molecule has 0 aliphatic heterocycles. The molecule has 0 aliphatic carbocycles. The Bertz CT molecular complexity index is 665. The molecular weight excluding hydrogens is 372 g/mol. The van der Waals surface area contributed by atoms with Crippen LogP contribution in [-0.4, -0.2) is 0 Å². The van der Waals surface area contributed by atoms with Crippen molar-refractivity contribution in [2.45, 2.75) is 135 Å². The lowest BCUT2D eigenvalue weighted by molar-refractivity contribution is 0.520. The second-order valence-electron chi connectivity index (χ2n) is 9.91. The lowest BCUT2D eigenvalue weighted by atomic mass is 9.90. The fraction of sp³-hybridized carbons (Fsp3) is 0.677. The monoisotopic (exact) mass is 422 g/mol. The van der Waals surface area contributed by atoms with Crippen LogP contribution in [0, 0.1) is 0 Å². The van der Waals surface area contributed by atoms with E-state index >= 15 is 0 Å². The average molecular weight is 423 g/mol. The summed E-state index contributed by atoms with van der Waals surface area (Å²) in [6.45, 7) is 4.71. The van der Waals surface area contributed by atoms with Gasteiger partial charge in [0.25, 0.3) is 0 Å². The van der Waals surface area contributed by atoms with Crippen molar-refractivity contribution >= 4 is 10.8 Å². The predicted molar refractivity (Wildman–Crippen MR) is 141 cm³/mol. The van der Waals surface area contributed by atoms with Crippen molar-refractivity contribution in [2.75, 3.05) is 0 Å². The van der Waals surface area contributed by atoms with Gasteiger partial charge in [-0.1, -0.05) is 165 Å². The van der Waals surface area contributed by atoms with Crippen molar-refractivity contribution in [3.05, 3.63) is 48.0 Å². The van der Waals surface area contributed by atoms with E-state index in [1.165, 1.54) is 132 Å². The highest BCUT2D eigenvalue weighted by molar-refractivity contribution is 5.86. The zero-order chi connectivity index (χ0) is 22.0. The van der Waals surface area contributed by atoms with Crippen LogP contribution in [-0.2, 0) is 0 Å². The van der Waals surface area contributed by atoms with Gasteiger partial charge >= 0.3 is 0 Å². The van der Waals surface area contributed by atoms with Crippen LogP contribution in [0.1, 0.15) is 141 Å². The molecule has 2 rings (SSSR count).